The zero-order chi connectivity index (χ0) is 11.3. The molecule has 0 radical (unpaired) electrons. The molecule has 1 aromatic rings. The topological polar surface area (TPSA) is 37.3 Å². The van der Waals surface area contributed by atoms with Gasteiger partial charge < -0.3 is 5.11 Å². The number of halogens is 1. The molecule has 0 aliphatic carbocycles. The van der Waals surface area contributed by atoms with Crippen LogP contribution in [-0.2, 0) is 0 Å². The second kappa shape index (κ2) is 6.30. The summed E-state index contributed by atoms with van der Waals surface area (Å²) in [6.07, 6.45) is 0. The molecule has 1 aromatic carbocycles. The molecular weight excluding hydrogens is 276 g/mol. The number of thioether (sulfide) groups is 1. The second-order valence-electron chi connectivity index (χ2n) is 3.24. The van der Waals surface area contributed by atoms with E-state index in [1.165, 1.54) is 11.8 Å². The lowest BCUT2D eigenvalue weighted by molar-refractivity contribution is 0.102. The number of carbonyl (C=O) groups is 1. The summed E-state index contributed by atoms with van der Waals surface area (Å²) in [4.78, 5) is 11.7. The van der Waals surface area contributed by atoms with E-state index in [9.17, 15) is 4.79 Å². The molecule has 1 N–H and O–H groups in total. The molecule has 0 bridgehead atoms. The number of carbonyl (C=O) groups excluding carboxylic acids is 1. The number of Topliss-reactive ketones (excluding diaryl/α,β-unsaturated/α-hetero) is 1. The highest BCUT2D eigenvalue weighted by Gasteiger charge is 2.08. The van der Waals surface area contributed by atoms with Gasteiger partial charge in [0.25, 0.3) is 0 Å². The van der Waals surface area contributed by atoms with Crippen LogP contribution in [-0.4, -0.2) is 28.5 Å². The average molecular weight is 289 g/mol. The number of hydrogen-bond acceptors (Lipinski definition) is 3. The summed E-state index contributed by atoms with van der Waals surface area (Å²) >= 11 is 4.80. The molecule has 15 heavy (non-hydrogen) atoms. The highest BCUT2D eigenvalue weighted by atomic mass is 79.9. The zero-order valence-electron chi connectivity index (χ0n) is 8.44. The van der Waals surface area contributed by atoms with Gasteiger partial charge in [0, 0.05) is 15.3 Å². The Kier molecular flexibility index (Phi) is 5.36. The van der Waals surface area contributed by atoms with Crippen LogP contribution in [0.2, 0.25) is 0 Å². The van der Waals surface area contributed by atoms with Gasteiger partial charge in [-0.15, -0.1) is 11.8 Å². The first-order chi connectivity index (χ1) is 7.13. The SMILES string of the molecule is CC(CO)SCC(=O)c1cccc(Br)c1. The van der Waals surface area contributed by atoms with Gasteiger partial charge in [-0.05, 0) is 12.1 Å². The Morgan fingerprint density at radius 2 is 2.33 bits per heavy atom. The standard InChI is InChI=1S/C11H13BrO2S/c1-8(6-13)15-7-11(14)9-3-2-4-10(12)5-9/h2-5,8,13H,6-7H2,1H3. The molecule has 1 unspecified atom stereocenters. The predicted octanol–water partition coefficient (Wildman–Crippen LogP) is 2.75. The maximum absolute atomic E-state index is 11.7. The van der Waals surface area contributed by atoms with E-state index in [-0.39, 0.29) is 17.6 Å². The van der Waals surface area contributed by atoms with E-state index in [0.717, 1.165) is 4.47 Å². The van der Waals surface area contributed by atoms with Crippen molar-refractivity contribution < 1.29 is 9.90 Å². The molecule has 0 amide bonds. The minimum Gasteiger partial charge on any atom is -0.395 e. The molecule has 0 heterocycles. The number of hydrogen-bond donors (Lipinski definition) is 1. The van der Waals surface area contributed by atoms with Gasteiger partial charge in [0.2, 0.25) is 0 Å². The highest BCUT2D eigenvalue weighted by Crippen LogP contribution is 2.16. The molecule has 0 saturated carbocycles. The van der Waals surface area contributed by atoms with Gasteiger partial charge in [-0.2, -0.15) is 0 Å². The molecule has 0 aromatic heterocycles. The smallest absolute Gasteiger partial charge is 0.172 e. The van der Waals surface area contributed by atoms with Crippen molar-refractivity contribution in [3.05, 3.63) is 34.3 Å². The summed E-state index contributed by atoms with van der Waals surface area (Å²) in [5.41, 5.74) is 0.710. The Balaban J connectivity index is 2.54. The first-order valence-electron chi connectivity index (χ1n) is 4.64. The minimum absolute atomic E-state index is 0.0987. The first-order valence-corrected chi connectivity index (χ1v) is 6.49. The van der Waals surface area contributed by atoms with E-state index in [4.69, 9.17) is 5.11 Å². The Bertz CT molecular complexity index is 341. The summed E-state index contributed by atoms with van der Waals surface area (Å²) in [6, 6.07) is 7.35. The van der Waals surface area contributed by atoms with Crippen molar-refractivity contribution in [1.29, 1.82) is 0 Å². The number of aliphatic hydroxyl groups excluding tert-OH is 1. The molecule has 4 heteroatoms. The number of benzene rings is 1. The quantitative estimate of drug-likeness (QED) is 0.847. The molecule has 0 fully saturated rings. The van der Waals surface area contributed by atoms with Gasteiger partial charge in [-0.3, -0.25) is 4.79 Å². The van der Waals surface area contributed by atoms with Crippen LogP contribution < -0.4 is 0 Å². The van der Waals surface area contributed by atoms with E-state index < -0.39 is 0 Å². The monoisotopic (exact) mass is 288 g/mol. The normalized spacial score (nSPS) is 12.5. The second-order valence-corrected chi connectivity index (χ2v) is 5.58. The molecule has 1 rings (SSSR count). The fourth-order valence-corrected chi connectivity index (χ4v) is 2.12. The number of rotatable bonds is 5. The summed E-state index contributed by atoms with van der Waals surface area (Å²) in [5.74, 6) is 0.514. The van der Waals surface area contributed by atoms with Crippen LogP contribution in [0.5, 0.6) is 0 Å². The summed E-state index contributed by atoms with van der Waals surface area (Å²) in [6.45, 7) is 2.01. The van der Waals surface area contributed by atoms with Gasteiger partial charge in [0.15, 0.2) is 5.78 Å². The summed E-state index contributed by atoms with van der Waals surface area (Å²) in [7, 11) is 0. The maximum atomic E-state index is 11.7. The van der Waals surface area contributed by atoms with Crippen LogP contribution in [0.1, 0.15) is 17.3 Å². The maximum Gasteiger partial charge on any atom is 0.172 e. The van der Waals surface area contributed by atoms with Gasteiger partial charge >= 0.3 is 0 Å². The molecule has 2 nitrogen and oxygen atoms in total. The van der Waals surface area contributed by atoms with Crippen LogP contribution >= 0.6 is 27.7 Å². The van der Waals surface area contributed by atoms with Crippen LogP contribution in [0.4, 0.5) is 0 Å². The highest BCUT2D eigenvalue weighted by molar-refractivity contribution is 9.10. The molecule has 82 valence electrons. The lowest BCUT2D eigenvalue weighted by Crippen LogP contribution is -2.09. The van der Waals surface area contributed by atoms with Crippen molar-refractivity contribution in [2.75, 3.05) is 12.4 Å². The molecule has 1 atom stereocenters. The van der Waals surface area contributed by atoms with Gasteiger partial charge in [-0.25, -0.2) is 0 Å². The van der Waals surface area contributed by atoms with Crippen LogP contribution in [0.15, 0.2) is 28.7 Å². The minimum atomic E-state index is 0.0987. The van der Waals surface area contributed by atoms with Gasteiger partial charge in [0.1, 0.15) is 0 Å². The summed E-state index contributed by atoms with van der Waals surface area (Å²) < 4.78 is 0.911. The van der Waals surface area contributed by atoms with Crippen LogP contribution in [0.3, 0.4) is 0 Å². The lowest BCUT2D eigenvalue weighted by Gasteiger charge is -2.06. The Labute approximate surface area is 102 Å². The fourth-order valence-electron chi connectivity index (χ4n) is 1.02. The third kappa shape index (κ3) is 4.36. The van der Waals surface area contributed by atoms with Crippen molar-refractivity contribution in [3.63, 3.8) is 0 Å². The number of ketones is 1. The van der Waals surface area contributed by atoms with Crippen LogP contribution in [0.25, 0.3) is 0 Å². The third-order valence-corrected chi connectivity index (χ3v) is 3.54. The van der Waals surface area contributed by atoms with Crippen molar-refractivity contribution in [2.24, 2.45) is 0 Å². The lowest BCUT2D eigenvalue weighted by atomic mass is 10.2. The predicted molar refractivity (Wildman–Crippen MR) is 67.5 cm³/mol. The van der Waals surface area contributed by atoms with E-state index in [1.54, 1.807) is 6.07 Å². The van der Waals surface area contributed by atoms with E-state index in [1.807, 2.05) is 25.1 Å². The fraction of sp³-hybridized carbons (Fsp3) is 0.364. The van der Waals surface area contributed by atoms with E-state index >= 15 is 0 Å². The molecule has 0 spiro atoms. The Morgan fingerprint density at radius 1 is 1.60 bits per heavy atom. The first kappa shape index (κ1) is 12.7. The zero-order valence-corrected chi connectivity index (χ0v) is 10.8. The molecule has 0 aliphatic rings. The average Bonchev–Trinajstić information content (AvgIpc) is 2.25. The Hall–Kier alpha value is -0.320. The third-order valence-electron chi connectivity index (χ3n) is 1.90. The Morgan fingerprint density at radius 3 is 2.93 bits per heavy atom. The van der Waals surface area contributed by atoms with Crippen molar-refractivity contribution in [3.8, 4) is 0 Å². The van der Waals surface area contributed by atoms with Gasteiger partial charge in [-0.1, -0.05) is 35.0 Å². The van der Waals surface area contributed by atoms with Gasteiger partial charge in [0.05, 0.1) is 12.4 Å². The largest absolute Gasteiger partial charge is 0.395 e. The molecular formula is C11H13BrO2S. The van der Waals surface area contributed by atoms with Crippen molar-refractivity contribution >= 4 is 33.5 Å². The molecule has 0 aliphatic heterocycles. The van der Waals surface area contributed by atoms with Crippen molar-refractivity contribution in [1.82, 2.24) is 0 Å². The van der Waals surface area contributed by atoms with Crippen LogP contribution in [0, 0.1) is 0 Å². The van der Waals surface area contributed by atoms with E-state index in [0.29, 0.717) is 11.3 Å². The summed E-state index contributed by atoms with van der Waals surface area (Å²) in [5, 5.41) is 8.93. The van der Waals surface area contributed by atoms with Crippen molar-refractivity contribution in [2.45, 2.75) is 12.2 Å². The number of aliphatic hydroxyl groups is 1. The molecule has 0 saturated heterocycles. The van der Waals surface area contributed by atoms with E-state index in [2.05, 4.69) is 15.9 Å².